The first-order valence-corrected chi connectivity index (χ1v) is 12.0. The topological polar surface area (TPSA) is 101 Å². The number of fused-ring (bicyclic) bond motifs is 1. The number of aromatic nitrogens is 4. The van der Waals surface area contributed by atoms with Crippen molar-refractivity contribution in [2.24, 2.45) is 0 Å². The monoisotopic (exact) mass is 453 g/mol. The highest BCUT2D eigenvalue weighted by Crippen LogP contribution is 2.22. The predicted molar refractivity (Wildman–Crippen MR) is 123 cm³/mol. The van der Waals surface area contributed by atoms with Crippen LogP contribution in [0.25, 0.3) is 17.0 Å². The first-order chi connectivity index (χ1) is 15.3. The molecule has 2 aromatic heterocycles. The van der Waals surface area contributed by atoms with E-state index in [9.17, 15) is 8.42 Å². The normalized spacial score (nSPS) is 11.8. The minimum absolute atomic E-state index is 0.196. The molecule has 0 amide bonds. The lowest BCUT2D eigenvalue weighted by molar-refractivity contribution is 0.305. The summed E-state index contributed by atoms with van der Waals surface area (Å²) in [6.07, 6.45) is 1.43. The van der Waals surface area contributed by atoms with Crippen LogP contribution in [0.15, 0.2) is 53.4 Å². The van der Waals surface area contributed by atoms with Gasteiger partial charge in [-0.05, 0) is 57.4 Å². The summed E-state index contributed by atoms with van der Waals surface area (Å²) in [4.78, 5) is 0.196. The van der Waals surface area contributed by atoms with E-state index in [2.05, 4.69) is 26.1 Å². The van der Waals surface area contributed by atoms with Crippen molar-refractivity contribution >= 4 is 15.7 Å². The van der Waals surface area contributed by atoms with Gasteiger partial charge >= 0.3 is 0 Å². The van der Waals surface area contributed by atoms with Crippen molar-refractivity contribution in [2.75, 3.05) is 13.2 Å². The number of nitrogens with one attached hydrogen (secondary N) is 2. The Labute approximate surface area is 187 Å². The number of aryl methyl sites for hydroxylation is 3. The molecule has 0 saturated carbocycles. The average molecular weight is 454 g/mol. The van der Waals surface area contributed by atoms with E-state index in [1.54, 1.807) is 22.7 Å². The minimum atomic E-state index is -3.63. The van der Waals surface area contributed by atoms with Gasteiger partial charge in [0.15, 0.2) is 11.5 Å². The number of hydrogen-bond acceptors (Lipinski definition) is 5. The van der Waals surface area contributed by atoms with Crippen LogP contribution in [0.4, 0.5) is 0 Å². The molecule has 0 aliphatic heterocycles. The number of unbranched alkanes of at least 4 members (excludes halogenated alkanes) is 1. The summed E-state index contributed by atoms with van der Waals surface area (Å²) >= 11 is 0. The third-order valence-corrected chi connectivity index (χ3v) is 6.63. The molecule has 4 aromatic rings. The Balaban J connectivity index is 1.33. The van der Waals surface area contributed by atoms with Gasteiger partial charge in [-0.15, -0.1) is 10.2 Å². The van der Waals surface area contributed by atoms with Crippen LogP contribution in [0.2, 0.25) is 0 Å². The second-order valence-corrected chi connectivity index (χ2v) is 9.67. The van der Waals surface area contributed by atoms with Crippen molar-refractivity contribution in [3.05, 3.63) is 65.4 Å². The molecule has 0 bridgehead atoms. The first-order valence-electron chi connectivity index (χ1n) is 10.5. The van der Waals surface area contributed by atoms with Crippen LogP contribution in [0, 0.1) is 20.8 Å². The van der Waals surface area contributed by atoms with E-state index in [1.165, 1.54) is 5.56 Å². The summed E-state index contributed by atoms with van der Waals surface area (Å²) in [5.74, 6) is 1.43. The van der Waals surface area contributed by atoms with Gasteiger partial charge < -0.3 is 4.74 Å². The Bertz CT molecular complexity index is 1340. The quantitative estimate of drug-likeness (QED) is 0.376. The van der Waals surface area contributed by atoms with Gasteiger partial charge in [0.05, 0.1) is 11.5 Å². The fraction of sp³-hybridized carbons (Fsp3) is 0.304. The van der Waals surface area contributed by atoms with Gasteiger partial charge in [-0.25, -0.2) is 17.7 Å². The zero-order valence-corrected chi connectivity index (χ0v) is 19.2. The van der Waals surface area contributed by atoms with E-state index in [4.69, 9.17) is 4.74 Å². The Hall–Kier alpha value is -3.17. The van der Waals surface area contributed by atoms with E-state index in [0.29, 0.717) is 36.6 Å². The lowest BCUT2D eigenvalue weighted by atomic mass is 10.1. The van der Waals surface area contributed by atoms with Gasteiger partial charge in [0, 0.05) is 23.9 Å². The Morgan fingerprint density at radius 1 is 1.03 bits per heavy atom. The van der Waals surface area contributed by atoms with E-state index in [0.717, 1.165) is 23.4 Å². The predicted octanol–water partition coefficient (Wildman–Crippen LogP) is 3.79. The summed E-state index contributed by atoms with van der Waals surface area (Å²) in [6, 6.07) is 14.7. The van der Waals surface area contributed by atoms with Crippen LogP contribution in [-0.4, -0.2) is 41.4 Å². The van der Waals surface area contributed by atoms with E-state index < -0.39 is 10.0 Å². The molecular formula is C23H27N5O3S. The van der Waals surface area contributed by atoms with E-state index in [1.807, 2.05) is 45.0 Å². The molecule has 8 nitrogen and oxygen atoms in total. The summed E-state index contributed by atoms with van der Waals surface area (Å²) in [6.45, 7) is 6.88. The number of rotatable bonds is 9. The number of H-pyrrole nitrogens is 1. The second kappa shape index (κ2) is 9.13. The molecule has 0 aliphatic rings. The number of ether oxygens (including phenoxy) is 1. The fourth-order valence-corrected chi connectivity index (χ4v) is 4.67. The number of hydrogen-bond donors (Lipinski definition) is 2. The average Bonchev–Trinajstić information content (AvgIpc) is 3.31. The molecule has 0 unspecified atom stereocenters. The highest BCUT2D eigenvalue weighted by molar-refractivity contribution is 7.89. The minimum Gasteiger partial charge on any atom is -0.493 e. The van der Waals surface area contributed by atoms with E-state index in [-0.39, 0.29) is 4.90 Å². The Morgan fingerprint density at radius 2 is 1.88 bits per heavy atom. The summed E-state index contributed by atoms with van der Waals surface area (Å²) in [5.41, 5.74) is 4.61. The molecule has 32 heavy (non-hydrogen) atoms. The van der Waals surface area contributed by atoms with Gasteiger partial charge in [-0.3, -0.25) is 5.10 Å². The maximum absolute atomic E-state index is 12.8. The van der Waals surface area contributed by atoms with Crippen molar-refractivity contribution in [1.82, 2.24) is 24.5 Å². The molecule has 4 rings (SSSR count). The van der Waals surface area contributed by atoms with Crippen LogP contribution in [0.1, 0.15) is 29.7 Å². The molecule has 2 aromatic carbocycles. The lowest BCUT2D eigenvalue weighted by Crippen LogP contribution is -2.25. The van der Waals surface area contributed by atoms with Crippen molar-refractivity contribution < 1.29 is 13.2 Å². The lowest BCUT2D eigenvalue weighted by Gasteiger charge is -2.10. The van der Waals surface area contributed by atoms with Gasteiger partial charge in [0.2, 0.25) is 10.0 Å². The second-order valence-electron chi connectivity index (χ2n) is 7.91. The smallest absolute Gasteiger partial charge is 0.240 e. The van der Waals surface area contributed by atoms with Crippen molar-refractivity contribution in [3.8, 4) is 17.1 Å². The molecule has 168 valence electrons. The number of sulfonamides is 1. The van der Waals surface area contributed by atoms with Crippen LogP contribution >= 0.6 is 0 Å². The molecule has 0 spiro atoms. The highest BCUT2D eigenvalue weighted by atomic mass is 32.2. The van der Waals surface area contributed by atoms with E-state index >= 15 is 0 Å². The molecule has 0 radical (unpaired) electrons. The molecular weight excluding hydrogens is 426 g/mol. The van der Waals surface area contributed by atoms with Crippen molar-refractivity contribution in [3.63, 3.8) is 0 Å². The summed E-state index contributed by atoms with van der Waals surface area (Å²) in [5, 5.41) is 11.4. The van der Waals surface area contributed by atoms with Crippen LogP contribution in [-0.2, 0) is 10.0 Å². The Morgan fingerprint density at radius 3 is 2.69 bits per heavy atom. The van der Waals surface area contributed by atoms with Crippen LogP contribution in [0.3, 0.4) is 0 Å². The Kier molecular flexibility index (Phi) is 6.29. The van der Waals surface area contributed by atoms with Crippen LogP contribution in [0.5, 0.6) is 5.75 Å². The van der Waals surface area contributed by atoms with Crippen molar-refractivity contribution in [1.29, 1.82) is 0 Å². The molecule has 2 heterocycles. The largest absolute Gasteiger partial charge is 0.493 e. The van der Waals surface area contributed by atoms with Gasteiger partial charge in [-0.2, -0.15) is 0 Å². The summed E-state index contributed by atoms with van der Waals surface area (Å²) in [7, 11) is -3.63. The zero-order valence-electron chi connectivity index (χ0n) is 18.4. The number of nitrogens with zero attached hydrogens (tertiary/aromatic N) is 3. The molecule has 2 N–H and O–H groups in total. The number of aromatic amines is 1. The van der Waals surface area contributed by atoms with Crippen LogP contribution < -0.4 is 9.46 Å². The first kappa shape index (κ1) is 22.0. The highest BCUT2D eigenvalue weighted by Gasteiger charge is 2.16. The van der Waals surface area contributed by atoms with Gasteiger partial charge in [-0.1, -0.05) is 29.8 Å². The molecule has 0 aliphatic carbocycles. The standard InChI is InChI=1S/C23H27N5O3S/c1-16-9-10-21(17(2)13-16)31-12-5-4-11-24-32(29,30)20-8-6-7-19(15-20)23-26-25-22-14-18(3)27-28(22)23/h6-10,13-15,24,27H,4-5,11-12H2,1-3H3. The summed E-state index contributed by atoms with van der Waals surface area (Å²) < 4.78 is 35.7. The molecule has 0 saturated heterocycles. The SMILES string of the molecule is Cc1ccc(OCCCCNS(=O)(=O)c2cccc(-c3nnc4cc(C)[nH]n34)c2)c(C)c1. The van der Waals surface area contributed by atoms with Gasteiger partial charge in [0.25, 0.3) is 0 Å². The maximum atomic E-state index is 12.8. The third kappa shape index (κ3) is 4.84. The number of benzene rings is 2. The fourth-order valence-electron chi connectivity index (χ4n) is 3.55. The molecule has 9 heteroatoms. The van der Waals surface area contributed by atoms with Gasteiger partial charge in [0.1, 0.15) is 5.75 Å². The molecule has 0 atom stereocenters. The molecule has 0 fully saturated rings. The maximum Gasteiger partial charge on any atom is 0.240 e. The van der Waals surface area contributed by atoms with Crippen molar-refractivity contribution in [2.45, 2.75) is 38.5 Å². The third-order valence-electron chi connectivity index (χ3n) is 5.18. The zero-order chi connectivity index (χ0) is 22.7.